The molecule has 1 aromatic rings. The van der Waals surface area contributed by atoms with Gasteiger partial charge in [-0.1, -0.05) is 23.7 Å². The Balaban J connectivity index is 2.57. The number of hydrogen-bond donors (Lipinski definition) is 0. The van der Waals surface area contributed by atoms with Gasteiger partial charge in [0.25, 0.3) is 0 Å². The Hall–Kier alpha value is -1.26. The number of rotatable bonds is 0. The van der Waals surface area contributed by atoms with E-state index in [0.29, 0.717) is 0 Å². The lowest BCUT2D eigenvalue weighted by Gasteiger charge is -2.12. The van der Waals surface area contributed by atoms with Crippen molar-refractivity contribution in [2.75, 3.05) is 0 Å². The van der Waals surface area contributed by atoms with Gasteiger partial charge in [0.1, 0.15) is 0 Å². The highest BCUT2D eigenvalue weighted by atomic mass is 35.5. The lowest BCUT2D eigenvalue weighted by molar-refractivity contribution is 0.980. The maximum Gasteiger partial charge on any atom is 0.0994 e. The Bertz CT molecular complexity index is 413. The van der Waals surface area contributed by atoms with Crippen LogP contribution in [0.2, 0.25) is 5.02 Å². The highest BCUT2D eigenvalue weighted by Gasteiger charge is 2.11. The molecule has 0 saturated carbocycles. The van der Waals surface area contributed by atoms with Crippen molar-refractivity contribution >= 4 is 17.2 Å². The second kappa shape index (κ2) is 3.24. The molecule has 0 N–H and O–H groups in total. The zero-order valence-electron chi connectivity index (χ0n) is 7.05. The van der Waals surface area contributed by atoms with E-state index >= 15 is 0 Å². The Morgan fingerprint density at radius 1 is 1.38 bits per heavy atom. The van der Waals surface area contributed by atoms with E-state index in [0.717, 1.165) is 29.0 Å². The average Bonchev–Trinajstić information content (AvgIpc) is 2.16. The molecule has 1 aromatic carbocycles. The number of hydrogen-bond acceptors (Lipinski definition) is 1. The van der Waals surface area contributed by atoms with Crippen molar-refractivity contribution < 1.29 is 0 Å². The fourth-order valence-corrected chi connectivity index (χ4v) is 1.81. The second-order valence-corrected chi connectivity index (χ2v) is 3.51. The molecule has 0 amide bonds. The van der Waals surface area contributed by atoms with E-state index in [1.165, 1.54) is 5.56 Å². The largest absolute Gasteiger partial charge is 0.192 e. The minimum absolute atomic E-state index is 0.748. The molecule has 0 aliphatic heterocycles. The SMILES string of the molecule is N#CC1=CCCc2cc(Cl)ccc21. The maximum atomic E-state index is 8.86. The minimum atomic E-state index is 0.748. The smallest absolute Gasteiger partial charge is 0.0994 e. The summed E-state index contributed by atoms with van der Waals surface area (Å²) in [6.45, 7) is 0. The first-order chi connectivity index (χ1) is 6.31. The van der Waals surface area contributed by atoms with Crippen molar-refractivity contribution in [3.8, 4) is 6.07 Å². The molecule has 1 nitrogen and oxygen atoms in total. The van der Waals surface area contributed by atoms with Crippen LogP contribution in [0, 0.1) is 11.3 Å². The highest BCUT2D eigenvalue weighted by molar-refractivity contribution is 6.30. The summed E-state index contributed by atoms with van der Waals surface area (Å²) in [5.41, 5.74) is 3.00. The summed E-state index contributed by atoms with van der Waals surface area (Å²) in [5, 5.41) is 9.60. The van der Waals surface area contributed by atoms with Crippen molar-refractivity contribution in [1.82, 2.24) is 0 Å². The first-order valence-electron chi connectivity index (χ1n) is 4.20. The quantitative estimate of drug-likeness (QED) is 0.615. The van der Waals surface area contributed by atoms with Crippen molar-refractivity contribution in [2.45, 2.75) is 12.8 Å². The van der Waals surface area contributed by atoms with E-state index in [1.807, 2.05) is 24.3 Å². The number of allylic oxidation sites excluding steroid dienone is 2. The molecule has 0 saturated heterocycles. The fraction of sp³-hybridized carbons (Fsp3) is 0.182. The van der Waals surface area contributed by atoms with Crippen molar-refractivity contribution in [3.05, 3.63) is 40.4 Å². The molecular formula is C11H8ClN. The molecule has 1 aliphatic carbocycles. The zero-order valence-corrected chi connectivity index (χ0v) is 7.80. The fourth-order valence-electron chi connectivity index (χ4n) is 1.62. The van der Waals surface area contributed by atoms with Crippen molar-refractivity contribution in [3.63, 3.8) is 0 Å². The molecule has 0 fully saturated rings. The van der Waals surface area contributed by atoms with Crippen LogP contribution in [-0.4, -0.2) is 0 Å². The van der Waals surface area contributed by atoms with Gasteiger partial charge in [0.2, 0.25) is 0 Å². The van der Waals surface area contributed by atoms with E-state index < -0.39 is 0 Å². The molecule has 0 radical (unpaired) electrons. The summed E-state index contributed by atoms with van der Waals surface area (Å²) < 4.78 is 0. The van der Waals surface area contributed by atoms with Crippen LogP contribution in [-0.2, 0) is 6.42 Å². The Morgan fingerprint density at radius 3 is 3.00 bits per heavy atom. The topological polar surface area (TPSA) is 23.8 Å². The summed E-state index contributed by atoms with van der Waals surface area (Å²) in [6.07, 6.45) is 3.91. The molecule has 0 heterocycles. The monoisotopic (exact) mass is 189 g/mol. The van der Waals surface area contributed by atoms with Crippen molar-refractivity contribution in [1.29, 1.82) is 5.26 Å². The third-order valence-corrected chi connectivity index (χ3v) is 2.48. The normalized spacial score (nSPS) is 14.3. The first-order valence-corrected chi connectivity index (χ1v) is 4.58. The number of nitriles is 1. The molecule has 2 rings (SSSR count). The molecule has 64 valence electrons. The molecule has 0 unspecified atom stereocenters. The van der Waals surface area contributed by atoms with Gasteiger partial charge in [-0.05, 0) is 36.1 Å². The number of benzene rings is 1. The van der Waals surface area contributed by atoms with E-state index in [9.17, 15) is 0 Å². The van der Waals surface area contributed by atoms with Crippen LogP contribution < -0.4 is 0 Å². The molecule has 1 aliphatic rings. The van der Waals surface area contributed by atoms with Gasteiger partial charge >= 0.3 is 0 Å². The van der Waals surface area contributed by atoms with E-state index in [2.05, 4.69) is 6.07 Å². The van der Waals surface area contributed by atoms with Crippen LogP contribution in [0.25, 0.3) is 5.57 Å². The lowest BCUT2D eigenvalue weighted by atomic mass is 9.92. The van der Waals surface area contributed by atoms with E-state index in [4.69, 9.17) is 16.9 Å². The van der Waals surface area contributed by atoms with Gasteiger partial charge < -0.3 is 0 Å². The highest BCUT2D eigenvalue weighted by Crippen LogP contribution is 2.27. The van der Waals surface area contributed by atoms with Crippen LogP contribution in [0.5, 0.6) is 0 Å². The molecule has 0 spiro atoms. The first kappa shape index (κ1) is 8.34. The second-order valence-electron chi connectivity index (χ2n) is 3.07. The summed E-state index contributed by atoms with van der Waals surface area (Å²) in [7, 11) is 0. The number of fused-ring (bicyclic) bond motifs is 1. The molecular weight excluding hydrogens is 182 g/mol. The number of halogens is 1. The standard InChI is InChI=1S/C11H8ClN/c12-10-4-5-11-8(6-10)2-1-3-9(11)7-13/h3-6H,1-2H2. The van der Waals surface area contributed by atoms with Gasteiger partial charge in [0.15, 0.2) is 0 Å². The maximum absolute atomic E-state index is 8.86. The predicted octanol–water partition coefficient (Wildman–Crippen LogP) is 3.19. The summed E-state index contributed by atoms with van der Waals surface area (Å²) >= 11 is 5.87. The number of aryl methyl sites for hydroxylation is 1. The summed E-state index contributed by atoms with van der Waals surface area (Å²) in [4.78, 5) is 0. The van der Waals surface area contributed by atoms with Gasteiger partial charge in [-0.3, -0.25) is 0 Å². The van der Waals surface area contributed by atoms with Crippen LogP contribution in [0.1, 0.15) is 17.5 Å². The van der Waals surface area contributed by atoms with E-state index in [-0.39, 0.29) is 0 Å². The molecule has 13 heavy (non-hydrogen) atoms. The Labute approximate surface area is 82.3 Å². The third-order valence-electron chi connectivity index (χ3n) is 2.24. The van der Waals surface area contributed by atoms with Gasteiger partial charge in [-0.15, -0.1) is 0 Å². The van der Waals surface area contributed by atoms with E-state index in [1.54, 1.807) is 0 Å². The van der Waals surface area contributed by atoms with Crippen LogP contribution >= 0.6 is 11.6 Å². The van der Waals surface area contributed by atoms with Gasteiger partial charge in [-0.2, -0.15) is 5.26 Å². The molecule has 0 aromatic heterocycles. The minimum Gasteiger partial charge on any atom is -0.192 e. The molecule has 0 atom stereocenters. The Kier molecular flexibility index (Phi) is 2.08. The van der Waals surface area contributed by atoms with Crippen LogP contribution in [0.3, 0.4) is 0 Å². The third kappa shape index (κ3) is 1.46. The van der Waals surface area contributed by atoms with Gasteiger partial charge in [-0.25, -0.2) is 0 Å². The lowest BCUT2D eigenvalue weighted by Crippen LogP contribution is -1.97. The molecule has 0 bridgehead atoms. The van der Waals surface area contributed by atoms with Crippen LogP contribution in [0.4, 0.5) is 0 Å². The van der Waals surface area contributed by atoms with Crippen LogP contribution in [0.15, 0.2) is 24.3 Å². The number of nitrogens with zero attached hydrogens (tertiary/aromatic N) is 1. The molecule has 2 heteroatoms. The Morgan fingerprint density at radius 2 is 2.23 bits per heavy atom. The predicted molar refractivity (Wildman–Crippen MR) is 53.4 cm³/mol. The summed E-state index contributed by atoms with van der Waals surface area (Å²) in [5.74, 6) is 0. The van der Waals surface area contributed by atoms with Crippen molar-refractivity contribution in [2.24, 2.45) is 0 Å². The zero-order chi connectivity index (χ0) is 9.26. The van der Waals surface area contributed by atoms with Gasteiger partial charge in [0.05, 0.1) is 11.6 Å². The summed E-state index contributed by atoms with van der Waals surface area (Å²) in [6, 6.07) is 7.90. The average molecular weight is 190 g/mol. The van der Waals surface area contributed by atoms with Gasteiger partial charge in [0, 0.05) is 5.02 Å².